The van der Waals surface area contributed by atoms with E-state index in [1.807, 2.05) is 67.6 Å². The molecule has 0 aliphatic heterocycles. The summed E-state index contributed by atoms with van der Waals surface area (Å²) in [6.45, 7) is 2.04. The lowest BCUT2D eigenvalue weighted by Crippen LogP contribution is -2.02. The largest absolute Gasteiger partial charge is 0.253 e. The topological polar surface area (TPSA) is 64.5 Å². The van der Waals surface area contributed by atoms with Crippen molar-refractivity contribution in [3.63, 3.8) is 0 Å². The van der Waals surface area contributed by atoms with Crippen molar-refractivity contribution in [3.05, 3.63) is 78.6 Å². The number of hydrogen-bond donors (Lipinski definition) is 0. The van der Waals surface area contributed by atoms with Crippen molar-refractivity contribution in [2.75, 3.05) is 0 Å². The van der Waals surface area contributed by atoms with Gasteiger partial charge in [0.15, 0.2) is 17.5 Å². The first-order valence-electron chi connectivity index (χ1n) is 7.96. The molecule has 0 bridgehead atoms. The van der Waals surface area contributed by atoms with E-state index in [-0.39, 0.29) is 0 Å². The molecule has 0 amide bonds. The van der Waals surface area contributed by atoms with Crippen molar-refractivity contribution in [2.45, 2.75) is 6.92 Å². The van der Waals surface area contributed by atoms with Crippen LogP contribution in [0.4, 0.5) is 0 Å². The molecule has 3 heterocycles. The van der Waals surface area contributed by atoms with Gasteiger partial charge in [0.2, 0.25) is 0 Å². The lowest BCUT2D eigenvalue weighted by atomic mass is 10.1. The first kappa shape index (κ1) is 15.1. The van der Waals surface area contributed by atoms with Crippen LogP contribution >= 0.6 is 0 Å². The summed E-state index contributed by atoms with van der Waals surface area (Å²) in [5.41, 5.74) is 3.49. The maximum Gasteiger partial charge on any atom is 0.182 e. The molecule has 0 aliphatic rings. The number of nitrogens with zero attached hydrogens (tertiary/aromatic N) is 5. The Morgan fingerprint density at radius 1 is 0.560 bits per heavy atom. The molecular weight excluding hydrogens is 310 g/mol. The number of aromatic nitrogens is 5. The van der Waals surface area contributed by atoms with Crippen LogP contribution < -0.4 is 0 Å². The van der Waals surface area contributed by atoms with E-state index in [2.05, 4.69) is 24.9 Å². The zero-order chi connectivity index (χ0) is 17.1. The van der Waals surface area contributed by atoms with Crippen LogP contribution in [-0.4, -0.2) is 24.9 Å². The number of aryl methyl sites for hydroxylation is 1. The van der Waals surface area contributed by atoms with Crippen LogP contribution in [0.5, 0.6) is 0 Å². The van der Waals surface area contributed by atoms with Gasteiger partial charge in [-0.3, -0.25) is 9.97 Å². The highest BCUT2D eigenvalue weighted by molar-refractivity contribution is 5.65. The van der Waals surface area contributed by atoms with Crippen LogP contribution in [0.3, 0.4) is 0 Å². The predicted octanol–water partition coefficient (Wildman–Crippen LogP) is 3.97. The fraction of sp³-hybridized carbons (Fsp3) is 0.0500. The molecule has 120 valence electrons. The van der Waals surface area contributed by atoms with Crippen molar-refractivity contribution >= 4 is 0 Å². The molecule has 5 nitrogen and oxygen atoms in total. The van der Waals surface area contributed by atoms with E-state index < -0.39 is 0 Å². The molecule has 0 radical (unpaired) electrons. The minimum Gasteiger partial charge on any atom is -0.253 e. The minimum atomic E-state index is 0.537. The maximum absolute atomic E-state index is 4.65. The van der Waals surface area contributed by atoms with Crippen molar-refractivity contribution in [1.82, 2.24) is 24.9 Å². The molecule has 0 saturated carbocycles. The average molecular weight is 325 g/mol. The van der Waals surface area contributed by atoms with Gasteiger partial charge in [0, 0.05) is 18.0 Å². The van der Waals surface area contributed by atoms with Gasteiger partial charge in [-0.25, -0.2) is 15.0 Å². The summed E-state index contributed by atoms with van der Waals surface area (Å²) in [6.07, 6.45) is 3.46. The molecule has 0 aliphatic carbocycles. The van der Waals surface area contributed by atoms with E-state index in [0.29, 0.717) is 28.9 Å². The van der Waals surface area contributed by atoms with Gasteiger partial charge in [0.05, 0.1) is 0 Å². The molecule has 3 aromatic heterocycles. The van der Waals surface area contributed by atoms with Crippen LogP contribution in [0.25, 0.3) is 34.4 Å². The second-order valence-corrected chi connectivity index (χ2v) is 5.55. The maximum atomic E-state index is 4.65. The predicted molar refractivity (Wildman–Crippen MR) is 96.5 cm³/mol. The Bertz CT molecular complexity index is 943. The molecular formula is C20H15N5. The molecule has 0 N–H and O–H groups in total. The third kappa shape index (κ3) is 3.12. The highest BCUT2D eigenvalue weighted by Gasteiger charge is 2.14. The van der Waals surface area contributed by atoms with Gasteiger partial charge in [-0.2, -0.15) is 0 Å². The van der Waals surface area contributed by atoms with Crippen LogP contribution in [0.2, 0.25) is 0 Å². The molecule has 0 fully saturated rings. The van der Waals surface area contributed by atoms with Crippen molar-refractivity contribution in [1.29, 1.82) is 0 Å². The van der Waals surface area contributed by atoms with Crippen LogP contribution in [0.15, 0.2) is 73.1 Å². The molecule has 4 rings (SSSR count). The second kappa shape index (κ2) is 6.57. The third-order valence-corrected chi connectivity index (χ3v) is 3.81. The summed E-state index contributed by atoms with van der Waals surface area (Å²) in [6, 6.07) is 19.4. The third-order valence-electron chi connectivity index (χ3n) is 3.81. The Hall–Kier alpha value is -3.47. The van der Waals surface area contributed by atoms with Gasteiger partial charge in [0.1, 0.15) is 11.4 Å². The van der Waals surface area contributed by atoms with E-state index in [1.165, 1.54) is 0 Å². The van der Waals surface area contributed by atoms with Crippen molar-refractivity contribution in [2.24, 2.45) is 0 Å². The van der Waals surface area contributed by atoms with Crippen molar-refractivity contribution < 1.29 is 0 Å². The number of hydrogen-bond acceptors (Lipinski definition) is 5. The Labute approximate surface area is 145 Å². The summed E-state index contributed by atoms with van der Waals surface area (Å²) in [4.78, 5) is 22.6. The number of pyridine rings is 2. The molecule has 0 unspecified atom stereocenters. The Morgan fingerprint density at radius 2 is 1.08 bits per heavy atom. The molecule has 1 aromatic carbocycles. The van der Waals surface area contributed by atoms with Crippen LogP contribution in [0.1, 0.15) is 5.56 Å². The standard InChI is InChI=1S/C20H15N5/c1-14-8-2-3-9-15(14)18-23-19(16-10-4-6-12-21-16)25-20(24-18)17-11-5-7-13-22-17/h2-13H,1H3. The number of benzene rings is 1. The SMILES string of the molecule is Cc1ccccc1-c1nc(-c2ccccn2)nc(-c2ccccn2)n1. The normalized spacial score (nSPS) is 10.6. The fourth-order valence-electron chi connectivity index (χ4n) is 2.54. The summed E-state index contributed by atoms with van der Waals surface area (Å²) >= 11 is 0. The van der Waals surface area contributed by atoms with Crippen molar-refractivity contribution in [3.8, 4) is 34.4 Å². The molecule has 0 saturated heterocycles. The lowest BCUT2D eigenvalue weighted by Gasteiger charge is -2.08. The van der Waals surface area contributed by atoms with Gasteiger partial charge in [0.25, 0.3) is 0 Å². The summed E-state index contributed by atoms with van der Waals surface area (Å²) < 4.78 is 0. The van der Waals surface area contributed by atoms with Gasteiger partial charge >= 0.3 is 0 Å². The Morgan fingerprint density at radius 3 is 1.60 bits per heavy atom. The first-order valence-corrected chi connectivity index (χ1v) is 7.96. The molecule has 4 aromatic rings. The average Bonchev–Trinajstić information content (AvgIpc) is 2.69. The second-order valence-electron chi connectivity index (χ2n) is 5.55. The van der Waals surface area contributed by atoms with Gasteiger partial charge in [-0.1, -0.05) is 36.4 Å². The molecule has 0 atom stereocenters. The van der Waals surface area contributed by atoms with E-state index in [9.17, 15) is 0 Å². The van der Waals surface area contributed by atoms with Crippen LogP contribution in [-0.2, 0) is 0 Å². The fourth-order valence-corrected chi connectivity index (χ4v) is 2.54. The summed E-state index contributed by atoms with van der Waals surface area (Å²) in [5, 5.41) is 0. The lowest BCUT2D eigenvalue weighted by molar-refractivity contribution is 1.04. The number of rotatable bonds is 3. The monoisotopic (exact) mass is 325 g/mol. The quantitative estimate of drug-likeness (QED) is 0.570. The Kier molecular flexibility index (Phi) is 3.96. The minimum absolute atomic E-state index is 0.537. The highest BCUT2D eigenvalue weighted by Crippen LogP contribution is 2.24. The van der Waals surface area contributed by atoms with E-state index in [1.54, 1.807) is 12.4 Å². The van der Waals surface area contributed by atoms with E-state index in [0.717, 1.165) is 11.1 Å². The summed E-state index contributed by atoms with van der Waals surface area (Å²) in [7, 11) is 0. The first-order chi connectivity index (χ1) is 12.3. The van der Waals surface area contributed by atoms with Gasteiger partial charge in [-0.15, -0.1) is 0 Å². The molecule has 0 spiro atoms. The molecule has 5 heteroatoms. The van der Waals surface area contributed by atoms with Gasteiger partial charge < -0.3 is 0 Å². The smallest absolute Gasteiger partial charge is 0.182 e. The zero-order valence-corrected chi connectivity index (χ0v) is 13.7. The molecule has 25 heavy (non-hydrogen) atoms. The van der Waals surface area contributed by atoms with E-state index in [4.69, 9.17) is 0 Å². The van der Waals surface area contributed by atoms with E-state index >= 15 is 0 Å². The summed E-state index contributed by atoms with van der Waals surface area (Å²) in [5.74, 6) is 1.69. The Balaban J connectivity index is 1.94. The highest BCUT2D eigenvalue weighted by atomic mass is 15.1. The van der Waals surface area contributed by atoms with Crippen LogP contribution in [0, 0.1) is 6.92 Å². The van der Waals surface area contributed by atoms with Gasteiger partial charge in [-0.05, 0) is 36.8 Å². The zero-order valence-electron chi connectivity index (χ0n) is 13.7.